The summed E-state index contributed by atoms with van der Waals surface area (Å²) < 4.78 is 18.7. The fourth-order valence-corrected chi connectivity index (χ4v) is 2.69. The van der Waals surface area contributed by atoms with Crippen LogP contribution in [0.3, 0.4) is 0 Å². The molecule has 0 bridgehead atoms. The average Bonchev–Trinajstić information content (AvgIpc) is 3.11. The Hall–Kier alpha value is -3.27. The van der Waals surface area contributed by atoms with Gasteiger partial charge in [0.2, 0.25) is 11.7 Å². The highest BCUT2D eigenvalue weighted by Gasteiger charge is 2.09. The van der Waals surface area contributed by atoms with Crippen LogP contribution < -0.4 is 0 Å². The second-order valence-electron chi connectivity index (χ2n) is 5.76. The predicted octanol–water partition coefficient (Wildman–Crippen LogP) is 5.13. The first-order chi connectivity index (χ1) is 12.3. The van der Waals surface area contributed by atoms with E-state index < -0.39 is 0 Å². The maximum atomic E-state index is 13.3. The van der Waals surface area contributed by atoms with Gasteiger partial charge in [0.15, 0.2) is 0 Å². The van der Waals surface area contributed by atoms with Crippen LogP contribution in [0.2, 0.25) is 0 Å². The van der Waals surface area contributed by atoms with E-state index in [0.29, 0.717) is 18.1 Å². The molecule has 0 atom stereocenters. The summed E-state index contributed by atoms with van der Waals surface area (Å²) in [7, 11) is 0. The van der Waals surface area contributed by atoms with E-state index >= 15 is 0 Å². The number of rotatable bonds is 4. The topological polar surface area (TPSA) is 38.9 Å². The van der Waals surface area contributed by atoms with Gasteiger partial charge in [-0.3, -0.25) is 0 Å². The summed E-state index contributed by atoms with van der Waals surface area (Å²) in [6, 6.07) is 24.2. The summed E-state index contributed by atoms with van der Waals surface area (Å²) in [4.78, 5) is 4.45. The van der Waals surface area contributed by atoms with E-state index in [1.807, 2.05) is 60.7 Å². The standard InChI is InChI=1S/C21H15FN2O/c22-19-8-4-7-18(14-19)16-9-11-17(12-10-16)21-23-20(25-24-21)13-15-5-2-1-3-6-15/h1-12,14H,13H2. The minimum atomic E-state index is -0.245. The van der Waals surface area contributed by atoms with Crippen molar-refractivity contribution in [3.63, 3.8) is 0 Å². The molecule has 0 aliphatic heterocycles. The van der Waals surface area contributed by atoms with Gasteiger partial charge in [0, 0.05) is 5.56 Å². The number of halogens is 1. The first-order valence-corrected chi connectivity index (χ1v) is 8.01. The Labute approximate surface area is 144 Å². The highest BCUT2D eigenvalue weighted by atomic mass is 19.1. The highest BCUT2D eigenvalue weighted by Crippen LogP contribution is 2.24. The largest absolute Gasteiger partial charge is 0.339 e. The van der Waals surface area contributed by atoms with Crippen molar-refractivity contribution in [2.45, 2.75) is 6.42 Å². The summed E-state index contributed by atoms with van der Waals surface area (Å²) in [5.41, 5.74) is 3.77. The molecule has 0 spiro atoms. The zero-order valence-corrected chi connectivity index (χ0v) is 13.4. The van der Waals surface area contributed by atoms with Crippen LogP contribution in [0.15, 0.2) is 83.4 Å². The lowest BCUT2D eigenvalue weighted by atomic mass is 10.0. The summed E-state index contributed by atoms with van der Waals surface area (Å²) in [5.74, 6) is 0.887. The molecular weight excluding hydrogens is 315 g/mol. The van der Waals surface area contributed by atoms with E-state index in [4.69, 9.17) is 4.52 Å². The van der Waals surface area contributed by atoms with Crippen molar-refractivity contribution < 1.29 is 8.91 Å². The fraction of sp³-hybridized carbons (Fsp3) is 0.0476. The van der Waals surface area contributed by atoms with Crippen molar-refractivity contribution in [2.75, 3.05) is 0 Å². The lowest BCUT2D eigenvalue weighted by Gasteiger charge is -2.02. The van der Waals surface area contributed by atoms with Crippen LogP contribution in [0.1, 0.15) is 11.5 Å². The van der Waals surface area contributed by atoms with Crippen LogP contribution in [-0.4, -0.2) is 10.1 Å². The SMILES string of the molecule is Fc1cccc(-c2ccc(-c3noc(Cc4ccccc4)n3)cc2)c1. The molecule has 0 N–H and O–H groups in total. The summed E-state index contributed by atoms with van der Waals surface area (Å²) >= 11 is 0. The average molecular weight is 330 g/mol. The lowest BCUT2D eigenvalue weighted by molar-refractivity contribution is 0.385. The molecule has 0 aliphatic carbocycles. The molecule has 1 heterocycles. The minimum Gasteiger partial charge on any atom is -0.339 e. The van der Waals surface area contributed by atoms with Crippen LogP contribution in [0, 0.1) is 5.82 Å². The molecule has 0 saturated heterocycles. The quantitative estimate of drug-likeness (QED) is 0.520. The van der Waals surface area contributed by atoms with E-state index in [-0.39, 0.29) is 5.82 Å². The van der Waals surface area contributed by atoms with Gasteiger partial charge in [-0.2, -0.15) is 4.98 Å². The molecule has 0 unspecified atom stereocenters. The molecule has 0 amide bonds. The Kier molecular flexibility index (Phi) is 4.09. The number of nitrogens with zero attached hydrogens (tertiary/aromatic N) is 2. The van der Waals surface area contributed by atoms with Crippen molar-refractivity contribution >= 4 is 0 Å². The summed E-state index contributed by atoms with van der Waals surface area (Å²) in [5, 5.41) is 4.05. The third kappa shape index (κ3) is 3.48. The maximum absolute atomic E-state index is 13.3. The van der Waals surface area contributed by atoms with Crippen molar-refractivity contribution in [2.24, 2.45) is 0 Å². The predicted molar refractivity (Wildman–Crippen MR) is 94.4 cm³/mol. The smallest absolute Gasteiger partial charge is 0.231 e. The van der Waals surface area contributed by atoms with Crippen molar-refractivity contribution in [1.29, 1.82) is 0 Å². The molecule has 3 nitrogen and oxygen atoms in total. The molecule has 4 aromatic rings. The number of benzene rings is 3. The van der Waals surface area contributed by atoms with Gasteiger partial charge >= 0.3 is 0 Å². The molecular formula is C21H15FN2O. The van der Waals surface area contributed by atoms with Gasteiger partial charge in [0.25, 0.3) is 0 Å². The van der Waals surface area contributed by atoms with Gasteiger partial charge in [0.05, 0.1) is 6.42 Å². The van der Waals surface area contributed by atoms with Gasteiger partial charge in [0.1, 0.15) is 5.82 Å². The Morgan fingerprint density at radius 1 is 0.760 bits per heavy atom. The molecule has 3 aromatic carbocycles. The van der Waals surface area contributed by atoms with Crippen molar-refractivity contribution in [3.8, 4) is 22.5 Å². The molecule has 122 valence electrons. The van der Waals surface area contributed by atoms with Gasteiger partial charge in [-0.05, 0) is 28.8 Å². The first-order valence-electron chi connectivity index (χ1n) is 8.01. The van der Waals surface area contributed by atoms with Crippen molar-refractivity contribution in [1.82, 2.24) is 10.1 Å². The molecule has 0 saturated carbocycles. The third-order valence-electron chi connectivity index (χ3n) is 3.97. The number of hydrogen-bond donors (Lipinski definition) is 0. The van der Waals surface area contributed by atoms with E-state index in [0.717, 1.165) is 22.3 Å². The van der Waals surface area contributed by atoms with Gasteiger partial charge in [-0.25, -0.2) is 4.39 Å². The van der Waals surface area contributed by atoms with Gasteiger partial charge < -0.3 is 4.52 Å². The maximum Gasteiger partial charge on any atom is 0.231 e. The summed E-state index contributed by atoms with van der Waals surface area (Å²) in [6.07, 6.45) is 0.606. The number of hydrogen-bond acceptors (Lipinski definition) is 3. The van der Waals surface area contributed by atoms with Gasteiger partial charge in [-0.1, -0.05) is 71.9 Å². The minimum absolute atomic E-state index is 0.245. The van der Waals surface area contributed by atoms with E-state index in [9.17, 15) is 4.39 Å². The zero-order chi connectivity index (χ0) is 17.1. The fourth-order valence-electron chi connectivity index (χ4n) is 2.69. The zero-order valence-electron chi connectivity index (χ0n) is 13.4. The Balaban J connectivity index is 1.54. The first kappa shape index (κ1) is 15.3. The second-order valence-corrected chi connectivity index (χ2v) is 5.76. The van der Waals surface area contributed by atoms with Crippen LogP contribution in [0.25, 0.3) is 22.5 Å². The van der Waals surface area contributed by atoms with Crippen molar-refractivity contribution in [3.05, 3.63) is 96.1 Å². The number of aromatic nitrogens is 2. The molecule has 4 heteroatoms. The van der Waals surface area contributed by atoms with E-state index in [2.05, 4.69) is 10.1 Å². The van der Waals surface area contributed by atoms with Crippen LogP contribution in [0.5, 0.6) is 0 Å². The monoisotopic (exact) mass is 330 g/mol. The van der Waals surface area contributed by atoms with Gasteiger partial charge in [-0.15, -0.1) is 0 Å². The Bertz CT molecular complexity index is 978. The lowest BCUT2D eigenvalue weighted by Crippen LogP contribution is -1.88. The third-order valence-corrected chi connectivity index (χ3v) is 3.97. The van der Waals surface area contributed by atoms with E-state index in [1.165, 1.54) is 12.1 Å². The van der Waals surface area contributed by atoms with Crippen LogP contribution >= 0.6 is 0 Å². The van der Waals surface area contributed by atoms with Crippen LogP contribution in [-0.2, 0) is 6.42 Å². The molecule has 0 radical (unpaired) electrons. The Morgan fingerprint density at radius 3 is 2.28 bits per heavy atom. The second kappa shape index (κ2) is 6.69. The normalized spacial score (nSPS) is 10.8. The molecule has 0 aliphatic rings. The van der Waals surface area contributed by atoms with E-state index in [1.54, 1.807) is 6.07 Å². The summed E-state index contributed by atoms with van der Waals surface area (Å²) in [6.45, 7) is 0. The van der Waals surface area contributed by atoms with Crippen LogP contribution in [0.4, 0.5) is 4.39 Å². The Morgan fingerprint density at radius 2 is 1.52 bits per heavy atom. The molecule has 1 aromatic heterocycles. The molecule has 0 fully saturated rings. The highest BCUT2D eigenvalue weighted by molar-refractivity contribution is 5.67. The molecule has 25 heavy (non-hydrogen) atoms. The molecule has 4 rings (SSSR count).